The third-order valence-electron chi connectivity index (χ3n) is 15.5. The summed E-state index contributed by atoms with van der Waals surface area (Å²) >= 11 is 0. The Hall–Kier alpha value is -2.89. The minimum absolute atomic E-state index is 0.0774. The highest BCUT2D eigenvalue weighted by atomic mass is 16.6. The van der Waals surface area contributed by atoms with Crippen LogP contribution in [0, 0.1) is 0 Å². The lowest BCUT2D eigenvalue weighted by Crippen LogP contribution is -2.30. The molecule has 79 heavy (non-hydrogen) atoms. The second-order valence-corrected chi connectivity index (χ2v) is 23.4. The lowest BCUT2D eigenvalue weighted by Gasteiger charge is -2.18. The van der Waals surface area contributed by atoms with Crippen LogP contribution in [0.25, 0.3) is 0 Å². The Morgan fingerprint density at radius 3 is 0.722 bits per heavy atom. The van der Waals surface area contributed by atoms with Gasteiger partial charge in [-0.2, -0.15) is 0 Å². The number of carbonyl (C=O) groups excluding carboxylic acids is 3. The van der Waals surface area contributed by atoms with Gasteiger partial charge in [0.2, 0.25) is 0 Å². The van der Waals surface area contributed by atoms with E-state index in [1.807, 2.05) is 0 Å². The van der Waals surface area contributed by atoms with Crippen LogP contribution in [-0.2, 0) is 28.6 Å². The van der Waals surface area contributed by atoms with E-state index in [-0.39, 0.29) is 31.1 Å². The predicted octanol–water partition coefficient (Wildman–Crippen LogP) is 23.9. The van der Waals surface area contributed by atoms with E-state index in [0.29, 0.717) is 19.3 Å². The Morgan fingerprint density at radius 1 is 0.253 bits per heavy atom. The fourth-order valence-corrected chi connectivity index (χ4v) is 10.2. The second kappa shape index (κ2) is 67.6. The monoisotopic (exact) mass is 1110 g/mol. The molecule has 0 saturated heterocycles. The van der Waals surface area contributed by atoms with Crippen molar-refractivity contribution >= 4 is 17.9 Å². The SMILES string of the molecule is CCCCCC/C=C\C/C=C\CCCCCCCCCC(=O)OCC(COC(=O)CCCCCCCCCC/C=C\C/C=C\C/C=C\CCCCCCC)OC(=O)CCCCCCCCCCCCCCCCCCCCCC. The van der Waals surface area contributed by atoms with E-state index < -0.39 is 6.10 Å². The molecular weight excluding hydrogens is 973 g/mol. The zero-order valence-electron chi connectivity index (χ0n) is 52.9. The molecule has 0 aromatic heterocycles. The first-order chi connectivity index (χ1) is 39.0. The van der Waals surface area contributed by atoms with Crippen LogP contribution in [0.3, 0.4) is 0 Å². The van der Waals surface area contributed by atoms with E-state index >= 15 is 0 Å². The molecule has 0 amide bonds. The summed E-state index contributed by atoms with van der Waals surface area (Å²) in [6.07, 6.45) is 86.6. The number of esters is 3. The van der Waals surface area contributed by atoms with Gasteiger partial charge in [-0.25, -0.2) is 0 Å². The summed E-state index contributed by atoms with van der Waals surface area (Å²) in [7, 11) is 0. The molecule has 6 heteroatoms. The molecular formula is C73H132O6. The van der Waals surface area contributed by atoms with Crippen molar-refractivity contribution in [2.45, 2.75) is 374 Å². The van der Waals surface area contributed by atoms with Crippen molar-refractivity contribution in [1.82, 2.24) is 0 Å². The molecule has 0 aliphatic carbocycles. The summed E-state index contributed by atoms with van der Waals surface area (Å²) in [4.78, 5) is 38.5. The number of unbranched alkanes of at least 4 members (excludes halogenated alkanes) is 43. The number of allylic oxidation sites excluding steroid dienone is 10. The van der Waals surface area contributed by atoms with Gasteiger partial charge in [0.25, 0.3) is 0 Å². The molecule has 0 aliphatic rings. The maximum atomic E-state index is 13.0. The van der Waals surface area contributed by atoms with Gasteiger partial charge in [0, 0.05) is 19.3 Å². The Morgan fingerprint density at radius 2 is 0.456 bits per heavy atom. The molecule has 0 aromatic rings. The Kier molecular flexibility index (Phi) is 65.1. The molecule has 460 valence electrons. The Bertz CT molecular complexity index is 1410. The van der Waals surface area contributed by atoms with Gasteiger partial charge in [-0.1, -0.05) is 319 Å². The third kappa shape index (κ3) is 65.8. The molecule has 0 aliphatic heterocycles. The van der Waals surface area contributed by atoms with Crippen molar-refractivity contribution in [2.75, 3.05) is 13.2 Å². The fraction of sp³-hybridized carbons (Fsp3) is 0.822. The number of carbonyl (C=O) groups is 3. The van der Waals surface area contributed by atoms with E-state index in [4.69, 9.17) is 14.2 Å². The van der Waals surface area contributed by atoms with Crippen molar-refractivity contribution in [3.63, 3.8) is 0 Å². The first-order valence-corrected chi connectivity index (χ1v) is 34.8. The Balaban J connectivity index is 4.36. The predicted molar refractivity (Wildman–Crippen MR) is 344 cm³/mol. The van der Waals surface area contributed by atoms with E-state index in [1.165, 1.54) is 238 Å². The molecule has 0 bridgehead atoms. The zero-order valence-corrected chi connectivity index (χ0v) is 52.9. The van der Waals surface area contributed by atoms with Gasteiger partial charge in [0.15, 0.2) is 6.10 Å². The van der Waals surface area contributed by atoms with Gasteiger partial charge < -0.3 is 14.2 Å². The lowest BCUT2D eigenvalue weighted by molar-refractivity contribution is -0.167. The fourth-order valence-electron chi connectivity index (χ4n) is 10.2. The summed E-state index contributed by atoms with van der Waals surface area (Å²) in [6, 6.07) is 0. The first kappa shape index (κ1) is 76.1. The van der Waals surface area contributed by atoms with Crippen LogP contribution in [0.4, 0.5) is 0 Å². The lowest BCUT2D eigenvalue weighted by atomic mass is 10.0. The number of rotatable bonds is 64. The number of hydrogen-bond donors (Lipinski definition) is 0. The van der Waals surface area contributed by atoms with Gasteiger partial charge in [-0.3, -0.25) is 14.4 Å². The Labute approximate surface area is 491 Å². The second-order valence-electron chi connectivity index (χ2n) is 23.4. The largest absolute Gasteiger partial charge is 0.462 e. The third-order valence-corrected chi connectivity index (χ3v) is 15.5. The first-order valence-electron chi connectivity index (χ1n) is 34.8. The van der Waals surface area contributed by atoms with E-state index in [0.717, 1.165) is 89.9 Å². The van der Waals surface area contributed by atoms with Crippen LogP contribution in [0.2, 0.25) is 0 Å². The van der Waals surface area contributed by atoms with Crippen molar-refractivity contribution in [3.05, 3.63) is 60.8 Å². The molecule has 1 unspecified atom stereocenters. The molecule has 6 nitrogen and oxygen atoms in total. The summed E-state index contributed by atoms with van der Waals surface area (Å²) in [5, 5.41) is 0. The molecule has 0 heterocycles. The maximum absolute atomic E-state index is 13.0. The highest BCUT2D eigenvalue weighted by Crippen LogP contribution is 2.18. The van der Waals surface area contributed by atoms with Crippen molar-refractivity contribution in [2.24, 2.45) is 0 Å². The van der Waals surface area contributed by atoms with Gasteiger partial charge in [-0.15, -0.1) is 0 Å². The molecule has 0 N–H and O–H groups in total. The molecule has 0 saturated carbocycles. The van der Waals surface area contributed by atoms with E-state index in [1.54, 1.807) is 0 Å². The van der Waals surface area contributed by atoms with E-state index in [9.17, 15) is 14.4 Å². The maximum Gasteiger partial charge on any atom is 0.306 e. The van der Waals surface area contributed by atoms with Crippen LogP contribution in [0.1, 0.15) is 367 Å². The molecule has 0 rings (SSSR count). The van der Waals surface area contributed by atoms with Gasteiger partial charge in [0.1, 0.15) is 13.2 Å². The van der Waals surface area contributed by atoms with Gasteiger partial charge in [-0.05, 0) is 89.9 Å². The van der Waals surface area contributed by atoms with Crippen LogP contribution < -0.4 is 0 Å². The summed E-state index contributed by atoms with van der Waals surface area (Å²) in [5.41, 5.74) is 0. The minimum Gasteiger partial charge on any atom is -0.462 e. The standard InChI is InChI=1S/C73H132O6/c1-4-7-10-13-16-19-22-25-28-31-34-36-37-38-40-42-45-48-51-54-57-60-63-66-72(75)78-69-70(68-77-71(74)65-62-59-56-53-50-47-44-41-33-30-27-24-21-18-15-12-9-6-3)79-73(76)67-64-61-58-55-52-49-46-43-39-35-32-29-26-23-20-17-14-11-8-5-2/h21-22,24-25,30-31,33-34,37-38,70H,4-20,23,26-29,32,35-36,39-69H2,1-3H3/b24-21-,25-22-,33-30-,34-31-,38-37-. The zero-order chi connectivity index (χ0) is 57.1. The molecule has 0 fully saturated rings. The summed E-state index contributed by atoms with van der Waals surface area (Å²) < 4.78 is 17.0. The molecule has 0 aromatic carbocycles. The highest BCUT2D eigenvalue weighted by molar-refractivity contribution is 5.71. The van der Waals surface area contributed by atoms with Gasteiger partial charge in [0.05, 0.1) is 0 Å². The summed E-state index contributed by atoms with van der Waals surface area (Å²) in [5.74, 6) is -0.867. The van der Waals surface area contributed by atoms with Crippen LogP contribution in [0.5, 0.6) is 0 Å². The summed E-state index contributed by atoms with van der Waals surface area (Å²) in [6.45, 7) is 6.66. The molecule has 0 radical (unpaired) electrons. The van der Waals surface area contributed by atoms with Gasteiger partial charge >= 0.3 is 17.9 Å². The average molecular weight is 1110 g/mol. The van der Waals surface area contributed by atoms with Crippen molar-refractivity contribution in [3.8, 4) is 0 Å². The smallest absolute Gasteiger partial charge is 0.306 e. The van der Waals surface area contributed by atoms with Crippen LogP contribution >= 0.6 is 0 Å². The van der Waals surface area contributed by atoms with Crippen molar-refractivity contribution in [1.29, 1.82) is 0 Å². The quantitative estimate of drug-likeness (QED) is 0.0261. The highest BCUT2D eigenvalue weighted by Gasteiger charge is 2.19. The van der Waals surface area contributed by atoms with Crippen LogP contribution in [-0.4, -0.2) is 37.2 Å². The average Bonchev–Trinajstić information content (AvgIpc) is 3.45. The van der Waals surface area contributed by atoms with Crippen LogP contribution in [0.15, 0.2) is 60.8 Å². The molecule has 0 spiro atoms. The number of hydrogen-bond acceptors (Lipinski definition) is 6. The topological polar surface area (TPSA) is 78.9 Å². The molecule has 1 atom stereocenters. The normalized spacial score (nSPS) is 12.4. The minimum atomic E-state index is -0.781. The van der Waals surface area contributed by atoms with E-state index in [2.05, 4.69) is 81.5 Å². The van der Waals surface area contributed by atoms with Crippen molar-refractivity contribution < 1.29 is 28.6 Å². The number of ether oxygens (including phenoxy) is 3.